The number of halogens is 2. The number of nitrogens with zero attached hydrogens (tertiary/aromatic N) is 1. The van der Waals surface area contributed by atoms with Gasteiger partial charge in [0.1, 0.15) is 23.8 Å². The second-order valence-electron chi connectivity index (χ2n) is 8.26. The zero-order valence-corrected chi connectivity index (χ0v) is 22.2. The molecule has 4 N–H and O–H groups in total. The highest BCUT2D eigenvalue weighted by Crippen LogP contribution is 2.18. The van der Waals surface area contributed by atoms with E-state index in [0.29, 0.717) is 6.07 Å². The summed E-state index contributed by atoms with van der Waals surface area (Å²) < 4.78 is 34.3. The summed E-state index contributed by atoms with van der Waals surface area (Å²) in [5, 5.41) is 12.1. The molecule has 0 radical (unpaired) electrons. The van der Waals surface area contributed by atoms with E-state index in [4.69, 9.17) is 9.84 Å². The summed E-state index contributed by atoms with van der Waals surface area (Å²) >= 11 is 0. The maximum atomic E-state index is 14.1. The molecule has 0 spiro atoms. The summed E-state index contributed by atoms with van der Waals surface area (Å²) in [4.78, 5) is 39.7. The van der Waals surface area contributed by atoms with Crippen LogP contribution in [0.2, 0.25) is 0 Å². The van der Waals surface area contributed by atoms with E-state index in [1.54, 1.807) is 37.3 Å². The molecule has 9 nitrogen and oxygen atoms in total. The van der Waals surface area contributed by atoms with Crippen LogP contribution in [0.25, 0.3) is 0 Å². The molecule has 1 aromatic heterocycles. The fourth-order valence-corrected chi connectivity index (χ4v) is 3.39. The van der Waals surface area contributed by atoms with Gasteiger partial charge in [0.15, 0.2) is 11.4 Å². The van der Waals surface area contributed by atoms with Crippen LogP contribution >= 0.6 is 0 Å². The lowest BCUT2D eigenvalue weighted by Gasteiger charge is -2.22. The Hall–Kier alpha value is -4.77. The minimum atomic E-state index is -0.844. The van der Waals surface area contributed by atoms with E-state index in [-0.39, 0.29) is 48.3 Å². The fourth-order valence-electron chi connectivity index (χ4n) is 3.39. The van der Waals surface area contributed by atoms with Gasteiger partial charge < -0.3 is 25.9 Å². The minimum absolute atomic E-state index is 0.0273. The van der Waals surface area contributed by atoms with Crippen molar-refractivity contribution in [2.75, 3.05) is 19.1 Å². The number of pyridine rings is 1. The van der Waals surface area contributed by atoms with Gasteiger partial charge in [-0.05, 0) is 18.6 Å². The van der Waals surface area contributed by atoms with Crippen molar-refractivity contribution in [1.29, 1.82) is 0 Å². The molecule has 2 aromatic carbocycles. The predicted molar refractivity (Wildman–Crippen MR) is 149 cm³/mol. The van der Waals surface area contributed by atoms with Gasteiger partial charge in [-0.3, -0.25) is 19.1 Å². The number of carbonyl (C=O) groups excluding carboxylic acids is 2. The Bertz CT molecular complexity index is 1390. The molecule has 0 saturated heterocycles. The normalized spacial score (nSPS) is 10.8. The third-order valence-corrected chi connectivity index (χ3v) is 5.41. The number of amides is 2. The molecule has 2 amide bonds. The molecule has 3 rings (SSSR count). The van der Waals surface area contributed by atoms with Gasteiger partial charge >= 0.3 is 0 Å². The zero-order chi connectivity index (χ0) is 29.7. The van der Waals surface area contributed by atoms with Gasteiger partial charge in [-0.2, -0.15) is 0 Å². The van der Waals surface area contributed by atoms with Crippen LogP contribution in [0.1, 0.15) is 38.9 Å². The lowest BCUT2D eigenvalue weighted by Crippen LogP contribution is -2.38. The molecule has 40 heavy (non-hydrogen) atoms. The Morgan fingerprint density at radius 2 is 1.77 bits per heavy atom. The maximum absolute atomic E-state index is 14.1. The molecular weight excluding hydrogens is 522 g/mol. The summed E-state index contributed by atoms with van der Waals surface area (Å²) in [6.07, 6.45) is 4.20. The Labute approximate surface area is 230 Å². The molecule has 3 aromatic rings. The van der Waals surface area contributed by atoms with Gasteiger partial charge in [-0.25, -0.2) is 8.78 Å². The number of nitrogens with one attached hydrogen (secondary N) is 3. The molecule has 0 aliphatic carbocycles. The molecule has 11 heteroatoms. The van der Waals surface area contributed by atoms with Gasteiger partial charge in [0.05, 0.1) is 6.04 Å². The van der Waals surface area contributed by atoms with Crippen LogP contribution in [0.15, 0.2) is 84.8 Å². The topological polar surface area (TPSA) is 122 Å². The average Bonchev–Trinajstić information content (AvgIpc) is 2.96. The summed E-state index contributed by atoms with van der Waals surface area (Å²) in [5.74, 6) is -3.45. The van der Waals surface area contributed by atoms with Crippen molar-refractivity contribution < 1.29 is 28.2 Å². The van der Waals surface area contributed by atoms with E-state index in [2.05, 4.69) is 29.2 Å². The molecule has 0 saturated carbocycles. The van der Waals surface area contributed by atoms with Gasteiger partial charge in [0, 0.05) is 38.0 Å². The van der Waals surface area contributed by atoms with E-state index < -0.39 is 28.9 Å². The predicted octanol–water partition coefficient (Wildman–Crippen LogP) is 3.28. The van der Waals surface area contributed by atoms with Crippen LogP contribution in [0, 0.1) is 11.6 Å². The van der Waals surface area contributed by atoms with Crippen LogP contribution in [0.5, 0.6) is 5.75 Å². The standard InChI is InChI=1S/C28H28F2N4O4.CH4O/c1-4-13-31-28(37)24-26(38-17-19-9-7-6-8-10-19)25(35)22(16-34(24)33-18(3)5-2)27(36)32-15-20-11-12-21(29)14-23(20)30;1-2/h4-12,14,16,18,33H,1-2,13,15,17H2,3H3,(H,31,37)(H,32,36);2H,1H3. The lowest BCUT2D eigenvalue weighted by molar-refractivity contribution is 0.0928. The molecular formula is C29H32F2N4O5. The Kier molecular flexibility index (Phi) is 12.3. The maximum Gasteiger partial charge on any atom is 0.274 e. The van der Waals surface area contributed by atoms with Crippen LogP contribution < -0.4 is 26.2 Å². The Balaban J connectivity index is 0.00000274. The SMILES string of the molecule is C=CCNC(=O)c1c(OCc2ccccc2)c(=O)c(C(=O)NCc2ccc(F)cc2F)cn1NC(C)C=C.CO. The van der Waals surface area contributed by atoms with Crippen LogP contribution in [-0.2, 0) is 13.2 Å². The highest BCUT2D eigenvalue weighted by atomic mass is 19.1. The Morgan fingerprint density at radius 1 is 1.07 bits per heavy atom. The summed E-state index contributed by atoms with van der Waals surface area (Å²) in [6, 6.07) is 11.5. The van der Waals surface area contributed by atoms with Crippen LogP contribution in [-0.4, -0.2) is 41.3 Å². The monoisotopic (exact) mass is 554 g/mol. The number of hydrogen-bond donors (Lipinski definition) is 4. The van der Waals surface area contributed by atoms with Gasteiger partial charge in [-0.15, -0.1) is 13.2 Å². The largest absolute Gasteiger partial charge is 0.482 e. The lowest BCUT2D eigenvalue weighted by atomic mass is 10.1. The van der Waals surface area contributed by atoms with Crippen molar-refractivity contribution in [3.63, 3.8) is 0 Å². The van der Waals surface area contributed by atoms with Crippen molar-refractivity contribution in [1.82, 2.24) is 15.3 Å². The van der Waals surface area contributed by atoms with Crippen molar-refractivity contribution >= 4 is 11.8 Å². The number of benzene rings is 2. The summed E-state index contributed by atoms with van der Waals surface area (Å²) in [7, 11) is 1.00. The van der Waals surface area contributed by atoms with Crippen molar-refractivity contribution in [3.05, 3.63) is 124 Å². The van der Waals surface area contributed by atoms with Gasteiger partial charge in [0.25, 0.3) is 11.8 Å². The highest BCUT2D eigenvalue weighted by molar-refractivity contribution is 5.98. The molecule has 212 valence electrons. The van der Waals surface area contributed by atoms with E-state index in [1.807, 2.05) is 6.07 Å². The van der Waals surface area contributed by atoms with Crippen LogP contribution in [0.3, 0.4) is 0 Å². The molecule has 1 heterocycles. The van der Waals surface area contributed by atoms with Crippen molar-refractivity contribution in [3.8, 4) is 5.75 Å². The fraction of sp³-hybridized carbons (Fsp3) is 0.207. The highest BCUT2D eigenvalue weighted by Gasteiger charge is 2.26. The molecule has 1 atom stereocenters. The minimum Gasteiger partial charge on any atom is -0.482 e. The Morgan fingerprint density at radius 3 is 2.40 bits per heavy atom. The number of hydrogen-bond acceptors (Lipinski definition) is 6. The van der Waals surface area contributed by atoms with Crippen molar-refractivity contribution in [2.24, 2.45) is 0 Å². The third kappa shape index (κ3) is 8.37. The first-order valence-electron chi connectivity index (χ1n) is 12.2. The smallest absolute Gasteiger partial charge is 0.274 e. The van der Waals surface area contributed by atoms with E-state index in [0.717, 1.165) is 24.9 Å². The molecule has 0 fully saturated rings. The molecule has 0 bridgehead atoms. The van der Waals surface area contributed by atoms with Crippen LogP contribution in [0.4, 0.5) is 8.78 Å². The van der Waals surface area contributed by atoms with Crippen molar-refractivity contribution in [2.45, 2.75) is 26.1 Å². The number of ether oxygens (including phenoxy) is 1. The second kappa shape index (κ2) is 15.6. The first-order valence-corrected chi connectivity index (χ1v) is 12.2. The van der Waals surface area contributed by atoms with E-state index in [9.17, 15) is 23.2 Å². The average molecular weight is 555 g/mol. The summed E-state index contributed by atoms with van der Waals surface area (Å²) in [5.41, 5.74) is 2.37. The molecule has 0 aliphatic heterocycles. The van der Waals surface area contributed by atoms with E-state index >= 15 is 0 Å². The first kappa shape index (κ1) is 31.4. The number of carbonyl (C=O) groups is 2. The third-order valence-electron chi connectivity index (χ3n) is 5.41. The summed E-state index contributed by atoms with van der Waals surface area (Å²) in [6.45, 7) is 8.79. The quantitative estimate of drug-likeness (QED) is 0.255. The zero-order valence-electron chi connectivity index (χ0n) is 22.2. The number of aliphatic hydroxyl groups excluding tert-OH is 1. The number of aliphatic hydroxyl groups is 1. The first-order chi connectivity index (χ1) is 19.2. The van der Waals surface area contributed by atoms with E-state index in [1.165, 1.54) is 16.8 Å². The van der Waals surface area contributed by atoms with Gasteiger partial charge in [-0.1, -0.05) is 48.6 Å². The molecule has 1 unspecified atom stereocenters. The second-order valence-corrected chi connectivity index (χ2v) is 8.26. The van der Waals surface area contributed by atoms with Gasteiger partial charge in [0.2, 0.25) is 5.43 Å². The number of rotatable bonds is 12. The molecule has 0 aliphatic rings. The number of aromatic nitrogens is 1.